The molecule has 0 bridgehead atoms. The third kappa shape index (κ3) is 1.90. The van der Waals surface area contributed by atoms with Gasteiger partial charge in [-0.15, -0.1) is 0 Å². The molecule has 0 saturated carbocycles. The minimum absolute atomic E-state index is 0.336. The summed E-state index contributed by atoms with van der Waals surface area (Å²) in [6.07, 6.45) is 0. The Balaban J connectivity index is 2.29. The molecule has 4 N–H and O–H groups in total. The number of aryl methyl sites for hydroxylation is 1. The zero-order chi connectivity index (χ0) is 10.8. The summed E-state index contributed by atoms with van der Waals surface area (Å²) in [7, 11) is 0. The number of benzene rings is 1. The maximum absolute atomic E-state index is 13.3. The van der Waals surface area contributed by atoms with Gasteiger partial charge in [-0.05, 0) is 19.1 Å². The summed E-state index contributed by atoms with van der Waals surface area (Å²) in [5.41, 5.74) is 5.99. The molecule has 15 heavy (non-hydrogen) atoms. The molecule has 0 aliphatic heterocycles. The number of aromatic amines is 1. The lowest BCUT2D eigenvalue weighted by Crippen LogP contribution is -1.97. The van der Waals surface area contributed by atoms with E-state index in [1.165, 1.54) is 6.07 Å². The van der Waals surface area contributed by atoms with Crippen LogP contribution in [0.1, 0.15) is 5.82 Å². The van der Waals surface area contributed by atoms with Gasteiger partial charge < -0.3 is 16.0 Å². The number of imidazole rings is 1. The van der Waals surface area contributed by atoms with Gasteiger partial charge in [0.15, 0.2) is 5.82 Å². The van der Waals surface area contributed by atoms with Crippen LogP contribution in [0.25, 0.3) is 0 Å². The summed E-state index contributed by atoms with van der Waals surface area (Å²) < 4.78 is 13.3. The molecule has 4 nitrogen and oxygen atoms in total. The van der Waals surface area contributed by atoms with Crippen LogP contribution in [0.5, 0.6) is 0 Å². The van der Waals surface area contributed by atoms with Gasteiger partial charge in [0.05, 0.1) is 5.69 Å². The minimum Gasteiger partial charge on any atom is -0.382 e. The molecule has 2 rings (SSSR count). The van der Waals surface area contributed by atoms with Crippen LogP contribution in [0.3, 0.4) is 0 Å². The maximum Gasteiger partial charge on any atom is 0.173 e. The normalized spacial score (nSPS) is 10.3. The van der Waals surface area contributed by atoms with E-state index in [9.17, 15) is 4.39 Å². The molecular weight excluding hydrogens is 195 g/mol. The second-order valence-electron chi connectivity index (χ2n) is 3.19. The Kier molecular flexibility index (Phi) is 2.29. The highest BCUT2D eigenvalue weighted by Crippen LogP contribution is 2.22. The monoisotopic (exact) mass is 206 g/mol. The van der Waals surface area contributed by atoms with Crippen molar-refractivity contribution in [3.63, 3.8) is 0 Å². The van der Waals surface area contributed by atoms with Crippen LogP contribution in [0.15, 0.2) is 24.3 Å². The number of hydrogen-bond acceptors (Lipinski definition) is 3. The second-order valence-corrected chi connectivity index (χ2v) is 3.19. The molecule has 0 saturated heterocycles. The summed E-state index contributed by atoms with van der Waals surface area (Å²) >= 11 is 0. The molecule has 0 aliphatic carbocycles. The van der Waals surface area contributed by atoms with E-state index in [2.05, 4.69) is 15.3 Å². The van der Waals surface area contributed by atoms with Crippen molar-refractivity contribution < 1.29 is 4.39 Å². The smallest absolute Gasteiger partial charge is 0.173 e. The SMILES string of the molecule is Cc1nc(Nc2ccccc2F)c(N)[nH]1. The Morgan fingerprint density at radius 1 is 1.40 bits per heavy atom. The van der Waals surface area contributed by atoms with E-state index in [0.717, 1.165) is 0 Å². The van der Waals surface area contributed by atoms with Crippen molar-refractivity contribution in [2.75, 3.05) is 11.1 Å². The molecule has 0 atom stereocenters. The Bertz CT molecular complexity index is 478. The van der Waals surface area contributed by atoms with Crippen molar-refractivity contribution in [1.82, 2.24) is 9.97 Å². The largest absolute Gasteiger partial charge is 0.382 e. The Labute approximate surface area is 86.3 Å². The van der Waals surface area contributed by atoms with Gasteiger partial charge in [0, 0.05) is 0 Å². The topological polar surface area (TPSA) is 66.7 Å². The molecule has 2 aromatic rings. The van der Waals surface area contributed by atoms with Gasteiger partial charge in [-0.3, -0.25) is 0 Å². The summed E-state index contributed by atoms with van der Waals surface area (Å²) in [5, 5.41) is 2.82. The predicted molar refractivity (Wildman–Crippen MR) is 57.4 cm³/mol. The molecule has 1 aromatic carbocycles. The van der Waals surface area contributed by atoms with Gasteiger partial charge in [-0.1, -0.05) is 12.1 Å². The molecule has 0 fully saturated rings. The number of nitrogens with zero attached hydrogens (tertiary/aromatic N) is 1. The number of anilines is 3. The van der Waals surface area contributed by atoms with E-state index in [4.69, 9.17) is 5.73 Å². The number of para-hydroxylation sites is 1. The lowest BCUT2D eigenvalue weighted by Gasteiger charge is -2.04. The number of nitrogens with two attached hydrogens (primary N) is 1. The Morgan fingerprint density at radius 3 is 2.73 bits per heavy atom. The van der Waals surface area contributed by atoms with Gasteiger partial charge >= 0.3 is 0 Å². The first-order valence-corrected chi connectivity index (χ1v) is 4.50. The first kappa shape index (κ1) is 9.51. The van der Waals surface area contributed by atoms with Crippen LogP contribution < -0.4 is 11.1 Å². The van der Waals surface area contributed by atoms with Gasteiger partial charge in [0.1, 0.15) is 17.5 Å². The van der Waals surface area contributed by atoms with Crippen LogP contribution in [0.4, 0.5) is 21.7 Å². The molecule has 0 aliphatic rings. The maximum atomic E-state index is 13.3. The molecule has 78 valence electrons. The number of nitrogens with one attached hydrogen (secondary N) is 2. The molecule has 1 heterocycles. The summed E-state index contributed by atoms with van der Waals surface area (Å²) in [6.45, 7) is 1.78. The van der Waals surface area contributed by atoms with Gasteiger partial charge in [-0.25, -0.2) is 9.37 Å². The lowest BCUT2D eigenvalue weighted by atomic mass is 10.3. The third-order valence-electron chi connectivity index (χ3n) is 1.98. The average molecular weight is 206 g/mol. The van der Waals surface area contributed by atoms with Crippen LogP contribution in [0, 0.1) is 12.7 Å². The van der Waals surface area contributed by atoms with Crippen LogP contribution in [-0.4, -0.2) is 9.97 Å². The molecule has 0 radical (unpaired) electrons. The van der Waals surface area contributed by atoms with Crippen LogP contribution in [-0.2, 0) is 0 Å². The highest BCUT2D eigenvalue weighted by molar-refractivity contribution is 5.66. The van der Waals surface area contributed by atoms with Crippen molar-refractivity contribution in [3.05, 3.63) is 35.9 Å². The number of rotatable bonds is 2. The lowest BCUT2D eigenvalue weighted by molar-refractivity contribution is 0.632. The summed E-state index contributed by atoms with van der Waals surface area (Å²) in [6, 6.07) is 6.36. The zero-order valence-corrected chi connectivity index (χ0v) is 8.21. The number of aromatic nitrogens is 2. The molecule has 1 aromatic heterocycles. The number of hydrogen-bond donors (Lipinski definition) is 3. The molecule has 0 unspecified atom stereocenters. The number of H-pyrrole nitrogens is 1. The summed E-state index contributed by atoms with van der Waals surface area (Å²) in [5.74, 6) is 1.19. The Hall–Kier alpha value is -2.04. The number of nitrogen functional groups attached to an aromatic ring is 1. The Morgan fingerprint density at radius 2 is 2.13 bits per heavy atom. The average Bonchev–Trinajstić information content (AvgIpc) is 2.49. The van der Waals surface area contributed by atoms with Gasteiger partial charge in [0.2, 0.25) is 0 Å². The molecule has 0 spiro atoms. The first-order valence-electron chi connectivity index (χ1n) is 4.50. The van der Waals surface area contributed by atoms with Gasteiger partial charge in [0.25, 0.3) is 0 Å². The predicted octanol–water partition coefficient (Wildman–Crippen LogP) is 2.18. The van der Waals surface area contributed by atoms with Crippen molar-refractivity contribution in [2.24, 2.45) is 0 Å². The van der Waals surface area contributed by atoms with Crippen molar-refractivity contribution in [1.29, 1.82) is 0 Å². The standard InChI is InChI=1S/C10H11FN4/c1-6-13-9(12)10(14-6)15-8-5-3-2-4-7(8)11/h2-5,15H,12H2,1H3,(H,13,14). The van der Waals surface area contributed by atoms with E-state index in [1.54, 1.807) is 25.1 Å². The molecule has 0 amide bonds. The van der Waals surface area contributed by atoms with E-state index < -0.39 is 0 Å². The molecule has 5 heteroatoms. The quantitative estimate of drug-likeness (QED) is 0.705. The van der Waals surface area contributed by atoms with E-state index in [-0.39, 0.29) is 5.82 Å². The highest BCUT2D eigenvalue weighted by Gasteiger charge is 2.07. The third-order valence-corrected chi connectivity index (χ3v) is 1.98. The minimum atomic E-state index is -0.336. The number of halogens is 1. The highest BCUT2D eigenvalue weighted by atomic mass is 19.1. The summed E-state index contributed by atoms with van der Waals surface area (Å²) in [4.78, 5) is 6.92. The first-order chi connectivity index (χ1) is 7.16. The van der Waals surface area contributed by atoms with Crippen LogP contribution in [0.2, 0.25) is 0 Å². The van der Waals surface area contributed by atoms with Crippen molar-refractivity contribution >= 4 is 17.3 Å². The fourth-order valence-electron chi connectivity index (χ4n) is 1.30. The van der Waals surface area contributed by atoms with Crippen molar-refractivity contribution in [3.8, 4) is 0 Å². The van der Waals surface area contributed by atoms with E-state index in [1.807, 2.05) is 0 Å². The van der Waals surface area contributed by atoms with E-state index in [0.29, 0.717) is 23.1 Å². The van der Waals surface area contributed by atoms with E-state index >= 15 is 0 Å². The molecular formula is C10H11FN4. The van der Waals surface area contributed by atoms with Crippen molar-refractivity contribution in [2.45, 2.75) is 6.92 Å². The fraction of sp³-hybridized carbons (Fsp3) is 0.100. The van der Waals surface area contributed by atoms with Gasteiger partial charge in [-0.2, -0.15) is 0 Å². The van der Waals surface area contributed by atoms with Crippen LogP contribution >= 0.6 is 0 Å². The fourth-order valence-corrected chi connectivity index (χ4v) is 1.30. The second kappa shape index (κ2) is 3.61. The zero-order valence-electron chi connectivity index (χ0n) is 8.21.